The van der Waals surface area contributed by atoms with Gasteiger partial charge in [-0.25, -0.2) is 0 Å². The third-order valence-electron chi connectivity index (χ3n) is 7.55. The van der Waals surface area contributed by atoms with E-state index in [9.17, 15) is 4.79 Å². The van der Waals surface area contributed by atoms with Crippen LogP contribution in [0.25, 0.3) is 0 Å². The topological polar surface area (TPSA) is 48.0 Å². The largest absolute Gasteiger partial charge is 0.371 e. The lowest BCUT2D eigenvalue weighted by Crippen LogP contribution is -2.45. The number of nitrogens with zero attached hydrogens (tertiary/aromatic N) is 3. The summed E-state index contributed by atoms with van der Waals surface area (Å²) in [6, 6.07) is 10.2. The number of rotatable bonds is 2. The van der Waals surface area contributed by atoms with Gasteiger partial charge in [-0.2, -0.15) is 0 Å². The Balaban J connectivity index is 1.53. The third kappa shape index (κ3) is 2.96. The molecule has 2 saturated heterocycles. The van der Waals surface area contributed by atoms with Gasteiger partial charge in [0.05, 0.1) is 22.6 Å². The summed E-state index contributed by atoms with van der Waals surface area (Å²) in [7, 11) is 2.18. The molecule has 3 aliphatic heterocycles. The number of hydrogen-bond donors (Lipinski definition) is 1. The van der Waals surface area contributed by atoms with Gasteiger partial charge in [0, 0.05) is 50.4 Å². The van der Waals surface area contributed by atoms with Gasteiger partial charge in [0.25, 0.3) is 0 Å². The highest BCUT2D eigenvalue weighted by atomic mass is 16.7. The maximum atomic E-state index is 13.8. The predicted octanol–water partition coefficient (Wildman–Crippen LogP) is 3.67. The maximum absolute atomic E-state index is 13.8. The highest BCUT2D eigenvalue weighted by Crippen LogP contribution is 2.52. The first-order valence-electron chi connectivity index (χ1n) is 11.6. The van der Waals surface area contributed by atoms with Gasteiger partial charge in [-0.1, -0.05) is 31.2 Å². The van der Waals surface area contributed by atoms with Crippen LogP contribution in [0.5, 0.6) is 0 Å². The number of anilines is 3. The van der Waals surface area contributed by atoms with E-state index in [1.54, 1.807) is 0 Å². The van der Waals surface area contributed by atoms with Crippen LogP contribution in [0.1, 0.15) is 52.9 Å². The molecule has 1 aliphatic carbocycles. The number of fused-ring (bicyclic) bond motifs is 2. The van der Waals surface area contributed by atoms with Crippen molar-refractivity contribution in [1.29, 1.82) is 0 Å². The molecule has 2 fully saturated rings. The number of benzene rings is 2. The molecule has 0 saturated carbocycles. The third-order valence-corrected chi connectivity index (χ3v) is 7.55. The molecular weight excluding hydrogens is 388 g/mol. The molecule has 3 heterocycles. The van der Waals surface area contributed by atoms with Crippen LogP contribution >= 0.6 is 0 Å². The van der Waals surface area contributed by atoms with E-state index in [1.807, 2.05) is 24.3 Å². The second-order valence-electron chi connectivity index (χ2n) is 9.55. The number of piperazine rings is 1. The van der Waals surface area contributed by atoms with Crippen LogP contribution in [-0.4, -0.2) is 57.0 Å². The van der Waals surface area contributed by atoms with Gasteiger partial charge in [-0.3, -0.25) is 15.1 Å². The van der Waals surface area contributed by atoms with E-state index in [1.165, 1.54) is 18.5 Å². The van der Waals surface area contributed by atoms with E-state index in [0.29, 0.717) is 0 Å². The normalized spacial score (nSPS) is 23.5. The van der Waals surface area contributed by atoms with Crippen LogP contribution in [-0.2, 0) is 4.84 Å². The molecule has 6 heteroatoms. The number of likely N-dealkylation sites (N-methyl/N-ethyl adjacent to an activating group) is 1. The lowest BCUT2D eigenvalue weighted by Gasteiger charge is -2.38. The van der Waals surface area contributed by atoms with E-state index in [-0.39, 0.29) is 11.9 Å². The van der Waals surface area contributed by atoms with Crippen molar-refractivity contribution < 1.29 is 9.63 Å². The number of ketones is 1. The molecule has 2 aromatic rings. The molecule has 31 heavy (non-hydrogen) atoms. The van der Waals surface area contributed by atoms with Crippen LogP contribution < -0.4 is 15.3 Å². The Morgan fingerprint density at radius 2 is 1.68 bits per heavy atom. The highest BCUT2D eigenvalue weighted by Gasteiger charge is 2.42. The Kier molecular flexibility index (Phi) is 4.47. The zero-order valence-corrected chi connectivity index (χ0v) is 18.4. The Morgan fingerprint density at radius 3 is 2.45 bits per heavy atom. The molecule has 1 N–H and O–H groups in total. The average molecular weight is 419 g/mol. The zero-order valence-electron chi connectivity index (χ0n) is 18.4. The Morgan fingerprint density at radius 1 is 0.968 bits per heavy atom. The van der Waals surface area contributed by atoms with Crippen molar-refractivity contribution >= 4 is 22.8 Å². The summed E-state index contributed by atoms with van der Waals surface area (Å²) in [5.74, 6) is 0.877. The lowest BCUT2D eigenvalue weighted by molar-refractivity contribution is 0.101. The monoisotopic (exact) mass is 418 g/mol. The summed E-state index contributed by atoms with van der Waals surface area (Å²) in [6.45, 7) is 8.38. The van der Waals surface area contributed by atoms with Gasteiger partial charge < -0.3 is 14.7 Å². The van der Waals surface area contributed by atoms with Crippen molar-refractivity contribution in [2.24, 2.45) is 5.92 Å². The van der Waals surface area contributed by atoms with E-state index >= 15 is 0 Å². The molecule has 0 radical (unpaired) electrons. The second kappa shape index (κ2) is 7.24. The Labute approximate surface area is 183 Å². The molecule has 0 amide bonds. The maximum Gasteiger partial charge on any atom is 0.195 e. The van der Waals surface area contributed by atoms with Crippen molar-refractivity contribution in [2.45, 2.75) is 25.9 Å². The predicted molar refractivity (Wildman–Crippen MR) is 123 cm³/mol. The van der Waals surface area contributed by atoms with Crippen LogP contribution in [0.3, 0.4) is 0 Å². The quantitative estimate of drug-likeness (QED) is 0.803. The zero-order chi connectivity index (χ0) is 21.1. The van der Waals surface area contributed by atoms with Crippen molar-refractivity contribution in [3.63, 3.8) is 0 Å². The van der Waals surface area contributed by atoms with E-state index in [2.05, 4.69) is 40.2 Å². The van der Waals surface area contributed by atoms with Gasteiger partial charge in [-0.15, -0.1) is 0 Å². The lowest BCUT2D eigenvalue weighted by atomic mass is 9.80. The molecule has 1 unspecified atom stereocenters. The first-order valence-corrected chi connectivity index (χ1v) is 11.6. The second-order valence-corrected chi connectivity index (χ2v) is 9.55. The summed E-state index contributed by atoms with van der Waals surface area (Å²) in [5, 5.41) is 0. The summed E-state index contributed by atoms with van der Waals surface area (Å²) >= 11 is 0. The fourth-order valence-corrected chi connectivity index (χ4v) is 5.54. The average Bonchev–Trinajstić information content (AvgIpc) is 3.24. The number of carbonyl (C=O) groups is 1. The molecule has 1 atom stereocenters. The molecule has 162 valence electrons. The van der Waals surface area contributed by atoms with Crippen molar-refractivity contribution in [2.75, 3.05) is 61.6 Å². The fraction of sp³-hybridized carbons (Fsp3) is 0.480. The molecule has 6 nitrogen and oxygen atoms in total. The van der Waals surface area contributed by atoms with E-state index < -0.39 is 0 Å². The van der Waals surface area contributed by atoms with Crippen molar-refractivity contribution in [3.8, 4) is 0 Å². The molecule has 0 bridgehead atoms. The summed E-state index contributed by atoms with van der Waals surface area (Å²) in [5.41, 5.74) is 10.1. The van der Waals surface area contributed by atoms with Crippen LogP contribution in [0, 0.1) is 5.92 Å². The minimum Gasteiger partial charge on any atom is -0.371 e. The van der Waals surface area contributed by atoms with Gasteiger partial charge in [0.1, 0.15) is 6.10 Å². The molecule has 0 aromatic heterocycles. The number of carbonyl (C=O) groups excluding carboxylic acids is 1. The number of piperidine rings is 1. The SMILES string of the molecule is CC1CCN(c2cc(N3CCN(C)CC3)c3c4c2C(=O)c2ccccc2C4ON3)CC1. The standard InChI is InChI=1S/C25H30N4O2/c1-16-7-9-28(10-8-16)19-15-20(29-13-11-27(2)12-14-29)23-22-21(19)24(30)17-5-3-4-6-18(17)25(22)31-26-23/h3-6,15-16,25-26H,7-14H2,1-2H3. The van der Waals surface area contributed by atoms with Crippen LogP contribution in [0.4, 0.5) is 17.1 Å². The number of nitrogens with one attached hydrogen (secondary N) is 1. The summed E-state index contributed by atoms with van der Waals surface area (Å²) in [4.78, 5) is 27.2. The molecule has 4 aliphatic rings. The minimum absolute atomic E-state index is 0.133. The highest BCUT2D eigenvalue weighted by molar-refractivity contribution is 6.18. The first-order chi connectivity index (χ1) is 15.1. The minimum atomic E-state index is -0.228. The molecule has 2 aromatic carbocycles. The number of hydrogen-bond acceptors (Lipinski definition) is 6. The molecular formula is C25H30N4O2. The van der Waals surface area contributed by atoms with Gasteiger partial charge in [-0.05, 0) is 37.4 Å². The first kappa shape index (κ1) is 19.1. The smallest absolute Gasteiger partial charge is 0.195 e. The molecule has 0 spiro atoms. The molecule has 6 rings (SSSR count). The summed E-state index contributed by atoms with van der Waals surface area (Å²) < 4.78 is 0. The van der Waals surface area contributed by atoms with Crippen LogP contribution in [0.15, 0.2) is 30.3 Å². The Bertz CT molecular complexity index is 1040. The van der Waals surface area contributed by atoms with Gasteiger partial charge in [0.2, 0.25) is 0 Å². The van der Waals surface area contributed by atoms with E-state index in [0.717, 1.165) is 78.8 Å². The van der Waals surface area contributed by atoms with Crippen molar-refractivity contribution in [1.82, 2.24) is 4.90 Å². The van der Waals surface area contributed by atoms with Crippen molar-refractivity contribution in [3.05, 3.63) is 52.6 Å². The summed E-state index contributed by atoms with van der Waals surface area (Å²) in [6.07, 6.45) is 2.11. The van der Waals surface area contributed by atoms with E-state index in [4.69, 9.17) is 4.84 Å². The van der Waals surface area contributed by atoms with Gasteiger partial charge in [0.15, 0.2) is 5.78 Å². The Hall–Kier alpha value is -2.57. The van der Waals surface area contributed by atoms with Gasteiger partial charge >= 0.3 is 0 Å². The fourth-order valence-electron chi connectivity index (χ4n) is 5.54. The van der Waals surface area contributed by atoms with Crippen LogP contribution in [0.2, 0.25) is 0 Å².